The Kier molecular flexibility index (Phi) is 3.95. The number of hydrogen-bond acceptors (Lipinski definition) is 2. The molecule has 1 aliphatic heterocycles. The third kappa shape index (κ3) is 2.48. The van der Waals surface area contributed by atoms with Crippen LogP contribution in [-0.4, -0.2) is 23.5 Å². The average molecular weight is 194 g/mol. The van der Waals surface area contributed by atoms with Crippen molar-refractivity contribution >= 4 is 0 Å². The fraction of sp³-hybridized carbons (Fsp3) is 0.917. The number of nitriles is 1. The van der Waals surface area contributed by atoms with E-state index in [-0.39, 0.29) is 5.92 Å². The summed E-state index contributed by atoms with van der Waals surface area (Å²) >= 11 is 0. The molecule has 1 aliphatic rings. The third-order valence-electron chi connectivity index (χ3n) is 3.30. The average Bonchev–Trinajstić information content (AvgIpc) is 2.16. The molecule has 1 heterocycles. The summed E-state index contributed by atoms with van der Waals surface area (Å²) in [6.07, 6.45) is 2.12. The monoisotopic (exact) mass is 194 g/mol. The lowest BCUT2D eigenvalue weighted by atomic mass is 9.85. The largest absolute Gasteiger partial charge is 0.298 e. The van der Waals surface area contributed by atoms with Gasteiger partial charge < -0.3 is 0 Å². The van der Waals surface area contributed by atoms with Crippen molar-refractivity contribution in [1.29, 1.82) is 5.26 Å². The fourth-order valence-electron chi connectivity index (χ4n) is 2.43. The van der Waals surface area contributed by atoms with Gasteiger partial charge in [0.25, 0.3) is 0 Å². The Hall–Kier alpha value is -0.550. The van der Waals surface area contributed by atoms with E-state index in [0.29, 0.717) is 18.0 Å². The van der Waals surface area contributed by atoms with Crippen molar-refractivity contribution < 1.29 is 0 Å². The van der Waals surface area contributed by atoms with Crippen LogP contribution in [0.2, 0.25) is 0 Å². The van der Waals surface area contributed by atoms with E-state index in [1.807, 2.05) is 0 Å². The van der Waals surface area contributed by atoms with Gasteiger partial charge in [0, 0.05) is 18.0 Å². The van der Waals surface area contributed by atoms with Crippen LogP contribution in [-0.2, 0) is 0 Å². The minimum absolute atomic E-state index is 0.289. The maximum absolute atomic E-state index is 8.95. The summed E-state index contributed by atoms with van der Waals surface area (Å²) in [4.78, 5) is 2.55. The van der Waals surface area contributed by atoms with Gasteiger partial charge in [-0.1, -0.05) is 13.8 Å². The molecule has 0 aromatic rings. The molecule has 80 valence electrons. The molecule has 2 nitrogen and oxygen atoms in total. The summed E-state index contributed by atoms with van der Waals surface area (Å²) in [5.74, 6) is 0.950. The van der Waals surface area contributed by atoms with Gasteiger partial charge in [-0.3, -0.25) is 4.90 Å². The Labute approximate surface area is 87.9 Å². The normalized spacial score (nSPS) is 29.5. The highest BCUT2D eigenvalue weighted by molar-refractivity contribution is 4.93. The zero-order valence-electron chi connectivity index (χ0n) is 9.83. The molecular weight excluding hydrogens is 172 g/mol. The van der Waals surface area contributed by atoms with Crippen molar-refractivity contribution in [2.24, 2.45) is 11.8 Å². The van der Waals surface area contributed by atoms with Crippen molar-refractivity contribution in [1.82, 2.24) is 4.90 Å². The van der Waals surface area contributed by atoms with E-state index in [1.165, 1.54) is 0 Å². The first-order chi connectivity index (χ1) is 6.56. The summed E-state index contributed by atoms with van der Waals surface area (Å²) in [7, 11) is 0. The number of likely N-dealkylation sites (tertiary alicyclic amines) is 1. The number of piperidine rings is 1. The van der Waals surface area contributed by atoms with Crippen LogP contribution in [0.4, 0.5) is 0 Å². The van der Waals surface area contributed by atoms with Crippen LogP contribution in [0.5, 0.6) is 0 Å². The van der Waals surface area contributed by atoms with Gasteiger partial charge in [-0.15, -0.1) is 0 Å². The van der Waals surface area contributed by atoms with E-state index in [9.17, 15) is 0 Å². The molecule has 0 amide bonds. The number of nitrogens with zero attached hydrogens (tertiary/aromatic N) is 2. The molecule has 0 aromatic carbocycles. The molecule has 0 radical (unpaired) electrons. The topological polar surface area (TPSA) is 27.0 Å². The third-order valence-corrected chi connectivity index (χ3v) is 3.30. The van der Waals surface area contributed by atoms with Gasteiger partial charge in [-0.2, -0.15) is 5.26 Å². The second-order valence-corrected chi connectivity index (χ2v) is 4.99. The molecule has 1 saturated heterocycles. The lowest BCUT2D eigenvalue weighted by Crippen LogP contribution is -2.48. The van der Waals surface area contributed by atoms with Gasteiger partial charge >= 0.3 is 0 Å². The van der Waals surface area contributed by atoms with Crippen LogP contribution < -0.4 is 0 Å². The van der Waals surface area contributed by atoms with Crippen molar-refractivity contribution in [3.63, 3.8) is 0 Å². The van der Waals surface area contributed by atoms with Crippen molar-refractivity contribution in [2.45, 2.75) is 52.6 Å². The minimum atomic E-state index is 0.289. The van der Waals surface area contributed by atoms with Gasteiger partial charge in [-0.05, 0) is 39.2 Å². The first kappa shape index (κ1) is 11.5. The molecular formula is C12H22N2. The molecule has 2 atom stereocenters. The highest BCUT2D eigenvalue weighted by atomic mass is 15.2. The Morgan fingerprint density at radius 1 is 1.29 bits per heavy atom. The lowest BCUT2D eigenvalue weighted by molar-refractivity contribution is 0.0660. The van der Waals surface area contributed by atoms with Gasteiger partial charge in [0.2, 0.25) is 0 Å². The Morgan fingerprint density at radius 2 is 1.93 bits per heavy atom. The Morgan fingerprint density at radius 3 is 2.36 bits per heavy atom. The standard InChI is InChI=1S/C12H22N2/c1-9(2)12-7-11(8-13)5-6-14(12)10(3)4/h9-12H,5-7H2,1-4H3. The van der Waals surface area contributed by atoms with E-state index in [2.05, 4.69) is 38.7 Å². The Balaban J connectivity index is 2.66. The van der Waals surface area contributed by atoms with Crippen molar-refractivity contribution in [3.8, 4) is 6.07 Å². The molecule has 0 saturated carbocycles. The highest BCUT2D eigenvalue weighted by Gasteiger charge is 2.31. The van der Waals surface area contributed by atoms with Gasteiger partial charge in [0.15, 0.2) is 0 Å². The molecule has 0 aromatic heterocycles. The Bertz CT molecular complexity index is 215. The summed E-state index contributed by atoms with van der Waals surface area (Å²) in [5.41, 5.74) is 0. The molecule has 0 aliphatic carbocycles. The van der Waals surface area contributed by atoms with Gasteiger partial charge in [-0.25, -0.2) is 0 Å². The maximum atomic E-state index is 8.95. The molecule has 2 heteroatoms. The number of hydrogen-bond donors (Lipinski definition) is 0. The van der Waals surface area contributed by atoms with Gasteiger partial charge in [0.05, 0.1) is 6.07 Å². The SMILES string of the molecule is CC(C)C1CC(C#N)CCN1C(C)C. The molecule has 2 unspecified atom stereocenters. The first-order valence-corrected chi connectivity index (χ1v) is 5.71. The molecule has 1 fully saturated rings. The number of rotatable bonds is 2. The van der Waals surface area contributed by atoms with Crippen LogP contribution in [0, 0.1) is 23.2 Å². The zero-order chi connectivity index (χ0) is 10.7. The molecule has 0 N–H and O–H groups in total. The highest BCUT2D eigenvalue weighted by Crippen LogP contribution is 2.28. The minimum Gasteiger partial charge on any atom is -0.298 e. The van der Waals surface area contributed by atoms with Crippen molar-refractivity contribution in [2.75, 3.05) is 6.54 Å². The predicted molar refractivity (Wildman–Crippen MR) is 58.8 cm³/mol. The summed E-state index contributed by atoms with van der Waals surface area (Å²) < 4.78 is 0. The molecule has 0 bridgehead atoms. The van der Waals surface area contributed by atoms with Crippen LogP contribution in [0.25, 0.3) is 0 Å². The molecule has 1 rings (SSSR count). The molecule has 14 heavy (non-hydrogen) atoms. The van der Waals surface area contributed by atoms with E-state index < -0.39 is 0 Å². The van der Waals surface area contributed by atoms with Crippen LogP contribution in [0.15, 0.2) is 0 Å². The van der Waals surface area contributed by atoms with E-state index >= 15 is 0 Å². The summed E-state index contributed by atoms with van der Waals surface area (Å²) in [6.45, 7) is 10.1. The van der Waals surface area contributed by atoms with Crippen molar-refractivity contribution in [3.05, 3.63) is 0 Å². The maximum Gasteiger partial charge on any atom is 0.0656 e. The lowest BCUT2D eigenvalue weighted by Gasteiger charge is -2.42. The summed E-state index contributed by atoms with van der Waals surface area (Å²) in [6, 6.07) is 3.64. The fourth-order valence-corrected chi connectivity index (χ4v) is 2.43. The predicted octanol–water partition coefficient (Wildman–Crippen LogP) is 2.65. The van der Waals surface area contributed by atoms with Crippen LogP contribution in [0.1, 0.15) is 40.5 Å². The van der Waals surface area contributed by atoms with Crippen LogP contribution in [0.3, 0.4) is 0 Å². The van der Waals surface area contributed by atoms with E-state index in [0.717, 1.165) is 19.4 Å². The van der Waals surface area contributed by atoms with E-state index in [4.69, 9.17) is 5.26 Å². The zero-order valence-corrected chi connectivity index (χ0v) is 9.83. The summed E-state index contributed by atoms with van der Waals surface area (Å²) in [5, 5.41) is 8.95. The quantitative estimate of drug-likeness (QED) is 0.675. The second kappa shape index (κ2) is 4.79. The smallest absolute Gasteiger partial charge is 0.0656 e. The molecule has 0 spiro atoms. The van der Waals surface area contributed by atoms with E-state index in [1.54, 1.807) is 0 Å². The van der Waals surface area contributed by atoms with Crippen LogP contribution >= 0.6 is 0 Å². The van der Waals surface area contributed by atoms with Gasteiger partial charge in [0.1, 0.15) is 0 Å². The first-order valence-electron chi connectivity index (χ1n) is 5.71. The second-order valence-electron chi connectivity index (χ2n) is 4.99.